The van der Waals surface area contributed by atoms with Gasteiger partial charge in [-0.25, -0.2) is 4.79 Å². The Morgan fingerprint density at radius 3 is 2.68 bits per heavy atom. The van der Waals surface area contributed by atoms with E-state index in [0.717, 1.165) is 17.7 Å². The third-order valence-corrected chi connectivity index (χ3v) is 6.58. The van der Waals surface area contributed by atoms with Crippen molar-refractivity contribution in [2.75, 3.05) is 0 Å². The highest BCUT2D eigenvalue weighted by Gasteiger charge is 2.67. The zero-order valence-corrected chi connectivity index (χ0v) is 13.5. The predicted octanol–water partition coefficient (Wildman–Crippen LogP) is 3.42. The van der Waals surface area contributed by atoms with Crippen LogP contribution in [0.1, 0.15) is 39.2 Å². The summed E-state index contributed by atoms with van der Waals surface area (Å²) in [6.07, 6.45) is 2.85. The first-order valence-electron chi connectivity index (χ1n) is 8.25. The highest BCUT2D eigenvalue weighted by molar-refractivity contribution is 6.01. The second kappa shape index (κ2) is 4.43. The number of rotatable bonds is 2. The van der Waals surface area contributed by atoms with Gasteiger partial charge in [-0.1, -0.05) is 51.1 Å². The van der Waals surface area contributed by atoms with Crippen LogP contribution in [0.5, 0.6) is 0 Å². The number of ether oxygens (including phenoxy) is 1. The van der Waals surface area contributed by atoms with Gasteiger partial charge in [-0.3, -0.25) is 4.99 Å². The van der Waals surface area contributed by atoms with Crippen molar-refractivity contribution in [3.63, 3.8) is 0 Å². The van der Waals surface area contributed by atoms with E-state index in [1.54, 1.807) is 0 Å². The molecule has 4 atom stereocenters. The van der Waals surface area contributed by atoms with Gasteiger partial charge in [-0.15, -0.1) is 0 Å². The topological polar surface area (TPSA) is 38.7 Å². The second-order valence-electron chi connectivity index (χ2n) is 7.81. The molecule has 22 heavy (non-hydrogen) atoms. The molecule has 2 aliphatic carbocycles. The van der Waals surface area contributed by atoms with Gasteiger partial charge in [0.05, 0.1) is 5.71 Å². The minimum absolute atomic E-state index is 0.0455. The summed E-state index contributed by atoms with van der Waals surface area (Å²) in [6.45, 7) is 6.89. The summed E-state index contributed by atoms with van der Waals surface area (Å²) in [5, 5.41) is 0. The molecule has 0 aromatic heterocycles. The van der Waals surface area contributed by atoms with Crippen LogP contribution in [0.2, 0.25) is 0 Å². The van der Waals surface area contributed by atoms with Crippen LogP contribution in [0.25, 0.3) is 0 Å². The SMILES string of the molecule is CC1(C)[C@H]2CC[C@]1(C)[C@H]1OC(=O)[C@H](Cc3ccccc3)N=C21. The van der Waals surface area contributed by atoms with Gasteiger partial charge in [-0.2, -0.15) is 0 Å². The molecule has 0 N–H and O–H groups in total. The van der Waals surface area contributed by atoms with Crippen LogP contribution < -0.4 is 0 Å². The van der Waals surface area contributed by atoms with Crippen molar-refractivity contribution in [2.24, 2.45) is 21.7 Å². The molecule has 1 aromatic carbocycles. The Morgan fingerprint density at radius 2 is 1.95 bits per heavy atom. The number of nitrogens with zero attached hydrogens (tertiary/aromatic N) is 1. The number of hydrogen-bond acceptors (Lipinski definition) is 3. The molecule has 0 radical (unpaired) electrons. The molecular formula is C19H23NO2. The Hall–Kier alpha value is -1.64. The highest BCUT2D eigenvalue weighted by Crippen LogP contribution is 2.65. The van der Waals surface area contributed by atoms with E-state index in [1.807, 2.05) is 30.3 Å². The van der Waals surface area contributed by atoms with Crippen molar-refractivity contribution in [1.82, 2.24) is 0 Å². The van der Waals surface area contributed by atoms with Crippen LogP contribution >= 0.6 is 0 Å². The standard InChI is InChI=1S/C19H23NO2/c1-18(2)13-9-10-19(18,3)16-15(13)20-14(17(21)22-16)11-12-7-5-4-6-8-12/h4-8,13-14,16H,9-11H2,1-3H3/t13-,14-,16-,19+/m0/s1. The van der Waals surface area contributed by atoms with Crippen LogP contribution in [0.4, 0.5) is 0 Å². The maximum absolute atomic E-state index is 12.4. The smallest absolute Gasteiger partial charge is 0.331 e. The Morgan fingerprint density at radius 1 is 1.23 bits per heavy atom. The molecule has 3 nitrogen and oxygen atoms in total. The molecule has 4 rings (SSSR count). The van der Waals surface area contributed by atoms with E-state index < -0.39 is 0 Å². The number of aliphatic imine (C=N–C) groups is 1. The van der Waals surface area contributed by atoms with Crippen molar-refractivity contribution in [2.45, 2.75) is 52.2 Å². The van der Waals surface area contributed by atoms with Crippen LogP contribution in [-0.4, -0.2) is 23.8 Å². The largest absolute Gasteiger partial charge is 0.454 e. The normalized spacial score (nSPS) is 38.4. The molecule has 2 bridgehead atoms. The van der Waals surface area contributed by atoms with Crippen molar-refractivity contribution >= 4 is 11.7 Å². The predicted molar refractivity (Wildman–Crippen MR) is 85.9 cm³/mol. The molecular weight excluding hydrogens is 274 g/mol. The third kappa shape index (κ3) is 1.68. The van der Waals surface area contributed by atoms with E-state index in [4.69, 9.17) is 9.73 Å². The first-order valence-corrected chi connectivity index (χ1v) is 8.25. The number of fused-ring (bicyclic) bond motifs is 5. The van der Waals surface area contributed by atoms with Gasteiger partial charge in [-0.05, 0) is 23.8 Å². The van der Waals surface area contributed by atoms with E-state index in [1.165, 1.54) is 6.42 Å². The molecule has 116 valence electrons. The zero-order valence-electron chi connectivity index (χ0n) is 13.5. The molecule has 1 aromatic rings. The summed E-state index contributed by atoms with van der Waals surface area (Å²) in [5.74, 6) is 0.316. The summed E-state index contributed by atoms with van der Waals surface area (Å²) in [5.41, 5.74) is 2.50. The molecule has 3 aliphatic rings. The lowest BCUT2D eigenvalue weighted by Crippen LogP contribution is -2.47. The monoisotopic (exact) mass is 297 g/mol. The number of carbonyl (C=O) groups excluding carboxylic acids is 1. The van der Waals surface area contributed by atoms with Crippen molar-refractivity contribution in [3.05, 3.63) is 35.9 Å². The van der Waals surface area contributed by atoms with Crippen molar-refractivity contribution in [3.8, 4) is 0 Å². The van der Waals surface area contributed by atoms with E-state index in [2.05, 4.69) is 20.8 Å². The molecule has 0 unspecified atom stereocenters. The Balaban J connectivity index is 1.68. The van der Waals surface area contributed by atoms with Crippen molar-refractivity contribution in [1.29, 1.82) is 0 Å². The molecule has 0 amide bonds. The summed E-state index contributed by atoms with van der Waals surface area (Å²) in [6, 6.07) is 9.72. The number of benzene rings is 1. The van der Waals surface area contributed by atoms with E-state index >= 15 is 0 Å². The van der Waals surface area contributed by atoms with Crippen molar-refractivity contribution < 1.29 is 9.53 Å². The zero-order chi connectivity index (χ0) is 15.5. The molecule has 1 aliphatic heterocycles. The van der Waals surface area contributed by atoms with E-state index in [9.17, 15) is 4.79 Å². The second-order valence-corrected chi connectivity index (χ2v) is 7.81. The minimum atomic E-state index is -0.368. The first kappa shape index (κ1) is 14.0. The molecule has 3 heteroatoms. The van der Waals surface area contributed by atoms with E-state index in [0.29, 0.717) is 12.3 Å². The van der Waals surface area contributed by atoms with Crippen LogP contribution in [0, 0.1) is 16.7 Å². The van der Waals surface area contributed by atoms with Gasteiger partial charge >= 0.3 is 5.97 Å². The minimum Gasteiger partial charge on any atom is -0.454 e. The van der Waals surface area contributed by atoms with Gasteiger partial charge in [0.15, 0.2) is 6.04 Å². The lowest BCUT2D eigenvalue weighted by molar-refractivity contribution is -0.155. The number of esters is 1. The van der Waals surface area contributed by atoms with Gasteiger partial charge in [0.2, 0.25) is 0 Å². The maximum Gasteiger partial charge on any atom is 0.331 e. The Bertz CT molecular complexity index is 649. The average Bonchev–Trinajstić information content (AvgIpc) is 2.81. The summed E-state index contributed by atoms with van der Waals surface area (Å²) >= 11 is 0. The molecule has 2 fully saturated rings. The Kier molecular flexibility index (Phi) is 2.82. The quantitative estimate of drug-likeness (QED) is 0.785. The molecule has 1 heterocycles. The fourth-order valence-electron chi connectivity index (χ4n) is 4.76. The van der Waals surface area contributed by atoms with E-state index in [-0.39, 0.29) is 28.9 Å². The van der Waals surface area contributed by atoms with Gasteiger partial charge < -0.3 is 4.74 Å². The first-order chi connectivity index (χ1) is 10.4. The van der Waals surface area contributed by atoms with Crippen LogP contribution in [0.15, 0.2) is 35.3 Å². The lowest BCUT2D eigenvalue weighted by atomic mass is 9.70. The van der Waals surface area contributed by atoms with Crippen LogP contribution in [0.3, 0.4) is 0 Å². The number of carbonyl (C=O) groups is 1. The summed E-state index contributed by atoms with van der Waals surface area (Å²) in [4.78, 5) is 17.3. The van der Waals surface area contributed by atoms with Gasteiger partial charge in [0.25, 0.3) is 0 Å². The Labute approximate surface area is 131 Å². The summed E-state index contributed by atoms with van der Waals surface area (Å²) < 4.78 is 5.90. The lowest BCUT2D eigenvalue weighted by Gasteiger charge is -2.39. The van der Waals surface area contributed by atoms with Gasteiger partial charge in [0, 0.05) is 17.8 Å². The molecule has 2 saturated carbocycles. The van der Waals surface area contributed by atoms with Gasteiger partial charge in [0.1, 0.15) is 6.10 Å². The molecule has 0 spiro atoms. The molecule has 0 saturated heterocycles. The number of hydrogen-bond donors (Lipinski definition) is 0. The average molecular weight is 297 g/mol. The maximum atomic E-state index is 12.4. The highest BCUT2D eigenvalue weighted by atomic mass is 16.5. The van der Waals surface area contributed by atoms with Crippen LogP contribution in [-0.2, 0) is 16.0 Å². The summed E-state index contributed by atoms with van der Waals surface area (Å²) in [7, 11) is 0. The fraction of sp³-hybridized carbons (Fsp3) is 0.579. The fourth-order valence-corrected chi connectivity index (χ4v) is 4.76. The third-order valence-electron chi connectivity index (χ3n) is 6.58.